The minimum atomic E-state index is -4.64. The summed E-state index contributed by atoms with van der Waals surface area (Å²) in [6.07, 6.45) is 1.13. The Balaban J connectivity index is 2.13. The highest BCUT2D eigenvalue weighted by Gasteiger charge is 2.32. The molecule has 3 nitrogen and oxygen atoms in total. The first-order valence-electron chi connectivity index (χ1n) is 8.01. The van der Waals surface area contributed by atoms with Gasteiger partial charge >= 0.3 is 6.36 Å². The molecule has 24 heavy (non-hydrogen) atoms. The van der Waals surface area contributed by atoms with Crippen LogP contribution in [0, 0.1) is 0 Å². The van der Waals surface area contributed by atoms with E-state index in [0.29, 0.717) is 11.4 Å². The van der Waals surface area contributed by atoms with Gasteiger partial charge in [-0.3, -0.25) is 4.74 Å². The molecule has 0 aliphatic heterocycles. The molecule has 0 aromatic heterocycles. The lowest BCUT2D eigenvalue weighted by molar-refractivity contribution is -0.335. The predicted molar refractivity (Wildman–Crippen MR) is 88.5 cm³/mol. The Labute approximate surface area is 139 Å². The summed E-state index contributed by atoms with van der Waals surface area (Å²) in [5, 5.41) is 0. The number of allylic oxidation sites excluding steroid dienone is 2. The second kappa shape index (κ2) is 7.75. The zero-order valence-electron chi connectivity index (χ0n) is 13.8. The van der Waals surface area contributed by atoms with E-state index in [2.05, 4.69) is 18.6 Å². The Morgan fingerprint density at radius 1 is 1.25 bits per heavy atom. The highest BCUT2D eigenvalue weighted by Crippen LogP contribution is 2.32. The lowest BCUT2D eigenvalue weighted by Gasteiger charge is -2.20. The second-order valence-electron chi connectivity index (χ2n) is 5.66. The minimum Gasteiger partial charge on any atom is -0.490 e. The Morgan fingerprint density at radius 3 is 2.50 bits per heavy atom. The highest BCUT2D eigenvalue weighted by molar-refractivity contribution is 5.82. The number of alkyl halides is 3. The molecule has 0 heterocycles. The minimum absolute atomic E-state index is 0.127. The molecular formula is C18H22F3NO2. The van der Waals surface area contributed by atoms with Crippen LogP contribution in [0.2, 0.25) is 0 Å². The first kappa shape index (κ1) is 18.4. The van der Waals surface area contributed by atoms with Crippen molar-refractivity contribution in [1.29, 1.82) is 0 Å². The maximum Gasteiger partial charge on any atom is 0.523 e. The SMILES string of the molecule is CCC(CC)Oc1ccc(N)c(C2=CCC(OC(F)(F)F)C=C2)c1. The van der Waals surface area contributed by atoms with Gasteiger partial charge in [0.2, 0.25) is 0 Å². The van der Waals surface area contributed by atoms with E-state index in [4.69, 9.17) is 10.5 Å². The van der Waals surface area contributed by atoms with Gasteiger partial charge in [0.1, 0.15) is 5.75 Å². The quantitative estimate of drug-likeness (QED) is 0.734. The molecule has 0 saturated carbocycles. The van der Waals surface area contributed by atoms with E-state index >= 15 is 0 Å². The smallest absolute Gasteiger partial charge is 0.490 e. The number of nitrogens with two attached hydrogens (primary N) is 1. The first-order chi connectivity index (χ1) is 11.3. The van der Waals surface area contributed by atoms with E-state index < -0.39 is 12.5 Å². The van der Waals surface area contributed by atoms with Crippen LogP contribution in [0.15, 0.2) is 36.4 Å². The van der Waals surface area contributed by atoms with Gasteiger partial charge in [-0.05, 0) is 43.0 Å². The Hall–Kier alpha value is -1.95. The molecule has 0 amide bonds. The lowest BCUT2D eigenvalue weighted by atomic mass is 9.97. The third-order valence-electron chi connectivity index (χ3n) is 3.89. The van der Waals surface area contributed by atoms with Gasteiger partial charge < -0.3 is 10.5 Å². The molecule has 1 atom stereocenters. The van der Waals surface area contributed by atoms with Crippen molar-refractivity contribution in [1.82, 2.24) is 0 Å². The average Bonchev–Trinajstić information content (AvgIpc) is 2.53. The van der Waals surface area contributed by atoms with Crippen molar-refractivity contribution >= 4 is 11.3 Å². The highest BCUT2D eigenvalue weighted by atomic mass is 19.4. The standard InChI is InChI=1S/C18H22F3NO2/c1-3-13(4-2)23-15-9-10-17(22)16(11-15)12-5-7-14(8-6-12)24-18(19,20)21/h5-7,9-11,13-14H,3-4,8,22H2,1-2H3. The number of nitrogen functional groups attached to an aromatic ring is 1. The van der Waals surface area contributed by atoms with Crippen molar-refractivity contribution in [2.24, 2.45) is 0 Å². The summed E-state index contributed by atoms with van der Waals surface area (Å²) in [5.41, 5.74) is 8.08. The van der Waals surface area contributed by atoms with E-state index in [1.807, 2.05) is 6.07 Å². The summed E-state index contributed by atoms with van der Waals surface area (Å²) in [6.45, 7) is 4.11. The van der Waals surface area contributed by atoms with Crippen LogP contribution in [0.4, 0.5) is 18.9 Å². The Bertz CT molecular complexity index is 619. The molecule has 1 unspecified atom stereocenters. The largest absolute Gasteiger partial charge is 0.523 e. The molecule has 0 fully saturated rings. The molecule has 1 aliphatic rings. The third-order valence-corrected chi connectivity index (χ3v) is 3.89. The Kier molecular flexibility index (Phi) is 5.94. The number of hydrogen-bond donors (Lipinski definition) is 1. The van der Waals surface area contributed by atoms with Crippen molar-refractivity contribution in [2.45, 2.75) is 51.7 Å². The van der Waals surface area contributed by atoms with Crippen molar-refractivity contribution < 1.29 is 22.6 Å². The number of halogens is 3. The maximum atomic E-state index is 12.3. The molecule has 2 rings (SSSR count). The molecule has 0 radical (unpaired) electrons. The van der Waals surface area contributed by atoms with E-state index in [0.717, 1.165) is 24.0 Å². The van der Waals surface area contributed by atoms with Crippen LogP contribution in [0.1, 0.15) is 38.7 Å². The van der Waals surface area contributed by atoms with Crippen LogP contribution in [0.5, 0.6) is 5.75 Å². The number of anilines is 1. The fourth-order valence-electron chi connectivity index (χ4n) is 2.57. The first-order valence-corrected chi connectivity index (χ1v) is 8.01. The van der Waals surface area contributed by atoms with Crippen LogP contribution < -0.4 is 10.5 Å². The summed E-state index contributed by atoms with van der Waals surface area (Å²) in [6, 6.07) is 5.38. The molecule has 0 saturated heterocycles. The van der Waals surface area contributed by atoms with Gasteiger partial charge in [0.25, 0.3) is 0 Å². The normalized spacial score (nSPS) is 17.9. The van der Waals surface area contributed by atoms with E-state index in [-0.39, 0.29) is 12.5 Å². The van der Waals surface area contributed by atoms with Crippen LogP contribution in [-0.2, 0) is 4.74 Å². The second-order valence-corrected chi connectivity index (χ2v) is 5.66. The van der Waals surface area contributed by atoms with Crippen LogP contribution in [0.3, 0.4) is 0 Å². The monoisotopic (exact) mass is 341 g/mol. The number of hydrogen-bond acceptors (Lipinski definition) is 3. The molecule has 1 aromatic rings. The van der Waals surface area contributed by atoms with E-state index in [9.17, 15) is 13.2 Å². The molecule has 0 spiro atoms. The van der Waals surface area contributed by atoms with Gasteiger partial charge in [0.15, 0.2) is 0 Å². The van der Waals surface area contributed by atoms with E-state index in [1.165, 1.54) is 6.08 Å². The van der Waals surface area contributed by atoms with Crippen LogP contribution in [0.25, 0.3) is 5.57 Å². The number of rotatable bonds is 6. The van der Waals surface area contributed by atoms with Gasteiger partial charge in [-0.1, -0.05) is 32.1 Å². The maximum absolute atomic E-state index is 12.3. The molecular weight excluding hydrogens is 319 g/mol. The summed E-state index contributed by atoms with van der Waals surface area (Å²) in [5.74, 6) is 0.705. The molecule has 2 N–H and O–H groups in total. The third kappa shape index (κ3) is 5.03. The number of ether oxygens (including phenoxy) is 2. The van der Waals surface area contributed by atoms with Gasteiger partial charge in [-0.25, -0.2) is 0 Å². The Morgan fingerprint density at radius 2 is 1.96 bits per heavy atom. The van der Waals surface area contributed by atoms with Crippen molar-refractivity contribution in [3.05, 3.63) is 42.0 Å². The molecule has 0 bridgehead atoms. The summed E-state index contributed by atoms with van der Waals surface area (Å²) < 4.78 is 46.7. The zero-order chi connectivity index (χ0) is 17.7. The lowest BCUT2D eigenvalue weighted by Crippen LogP contribution is -2.22. The number of benzene rings is 1. The van der Waals surface area contributed by atoms with Crippen LogP contribution in [-0.4, -0.2) is 18.6 Å². The summed E-state index contributed by atoms with van der Waals surface area (Å²) >= 11 is 0. The molecule has 6 heteroatoms. The fraction of sp³-hybridized carbons (Fsp3) is 0.444. The van der Waals surface area contributed by atoms with Crippen LogP contribution >= 0.6 is 0 Å². The zero-order valence-corrected chi connectivity index (χ0v) is 13.8. The van der Waals surface area contributed by atoms with E-state index in [1.54, 1.807) is 24.3 Å². The van der Waals surface area contributed by atoms with Crippen molar-refractivity contribution in [2.75, 3.05) is 5.73 Å². The fourth-order valence-corrected chi connectivity index (χ4v) is 2.57. The van der Waals surface area contributed by atoms with Crippen molar-refractivity contribution in [3.63, 3.8) is 0 Å². The van der Waals surface area contributed by atoms with Gasteiger partial charge in [-0.15, -0.1) is 13.2 Å². The summed E-state index contributed by atoms with van der Waals surface area (Å²) in [4.78, 5) is 0. The topological polar surface area (TPSA) is 44.5 Å². The van der Waals surface area contributed by atoms with Gasteiger partial charge in [-0.2, -0.15) is 0 Å². The molecule has 132 valence electrons. The van der Waals surface area contributed by atoms with Gasteiger partial charge in [0, 0.05) is 11.3 Å². The average molecular weight is 341 g/mol. The summed E-state index contributed by atoms with van der Waals surface area (Å²) in [7, 11) is 0. The predicted octanol–water partition coefficient (Wildman–Crippen LogP) is 5.08. The van der Waals surface area contributed by atoms with Crippen molar-refractivity contribution in [3.8, 4) is 5.75 Å². The van der Waals surface area contributed by atoms with Gasteiger partial charge in [0.05, 0.1) is 12.2 Å². The molecule has 1 aromatic carbocycles. The molecule has 1 aliphatic carbocycles.